The number of carbonyl (C=O) groups is 1. The molecule has 0 bridgehead atoms. The normalized spacial score (nSPS) is 10.9. The smallest absolute Gasteiger partial charge is 0.343 e. The van der Waals surface area contributed by atoms with Gasteiger partial charge in [-0.3, -0.25) is 0 Å². The quantitative estimate of drug-likeness (QED) is 0.0429. The number of benzene rings is 4. The van der Waals surface area contributed by atoms with E-state index in [0.717, 1.165) is 54.5 Å². The summed E-state index contributed by atoms with van der Waals surface area (Å²) >= 11 is 0. The highest BCUT2D eigenvalue weighted by Crippen LogP contribution is 2.30. The third-order valence-corrected chi connectivity index (χ3v) is 6.52. The predicted octanol–water partition coefficient (Wildman–Crippen LogP) is 9.09. The number of rotatable bonds is 12. The molecule has 0 N–H and O–H groups in total. The van der Waals surface area contributed by atoms with Crippen LogP contribution in [0.2, 0.25) is 0 Å². The van der Waals surface area contributed by atoms with Crippen LogP contribution in [0.1, 0.15) is 47.2 Å². The zero-order chi connectivity index (χ0) is 29.4. The van der Waals surface area contributed by atoms with Crippen molar-refractivity contribution >= 4 is 12.0 Å². The molecule has 0 atom stereocenters. The highest BCUT2D eigenvalue weighted by Gasteiger charge is 2.28. The first-order valence-corrected chi connectivity index (χ1v) is 13.1. The lowest BCUT2D eigenvalue weighted by atomic mass is 10.0. The fourth-order valence-corrected chi connectivity index (χ4v) is 4.16. The van der Waals surface area contributed by atoms with Crippen LogP contribution >= 0.6 is 0 Å². The second kappa shape index (κ2) is 13.7. The molecule has 0 saturated heterocycles. The van der Waals surface area contributed by atoms with E-state index in [9.17, 15) is 26.7 Å². The van der Waals surface area contributed by atoms with Crippen LogP contribution in [0.15, 0.2) is 79.4 Å². The fraction of sp³-hybridized carbons (Fsp3) is 0.182. The third-order valence-electron chi connectivity index (χ3n) is 6.52. The van der Waals surface area contributed by atoms with Gasteiger partial charge in [0.25, 0.3) is 0 Å². The number of hydrogen-bond donors (Lipinski definition) is 0. The molecule has 0 aliphatic rings. The van der Waals surface area contributed by atoms with Crippen molar-refractivity contribution in [2.24, 2.45) is 0 Å². The molecule has 0 aliphatic heterocycles. The summed E-state index contributed by atoms with van der Waals surface area (Å²) in [5.74, 6) is -13.4. The van der Waals surface area contributed by atoms with Gasteiger partial charge in [-0.1, -0.05) is 74.0 Å². The Morgan fingerprint density at radius 2 is 1.20 bits per heavy atom. The Labute approximate surface area is 234 Å². The van der Waals surface area contributed by atoms with E-state index in [2.05, 4.69) is 35.6 Å². The van der Waals surface area contributed by atoms with Crippen LogP contribution < -0.4 is 9.47 Å². The summed E-state index contributed by atoms with van der Waals surface area (Å²) in [5.41, 5.74) is 3.85. The number of esters is 1. The van der Waals surface area contributed by atoms with Gasteiger partial charge in [0.2, 0.25) is 34.8 Å². The van der Waals surface area contributed by atoms with Gasteiger partial charge >= 0.3 is 5.97 Å². The van der Waals surface area contributed by atoms with Gasteiger partial charge in [0.05, 0.1) is 12.2 Å². The molecule has 4 rings (SSSR count). The molecule has 0 radical (unpaired) electrons. The lowest BCUT2D eigenvalue weighted by molar-refractivity contribution is 0.0716. The molecule has 0 amide bonds. The minimum atomic E-state index is -2.34. The van der Waals surface area contributed by atoms with E-state index in [1.54, 1.807) is 12.1 Å². The van der Waals surface area contributed by atoms with Crippen LogP contribution in [0, 0.1) is 29.1 Å². The summed E-state index contributed by atoms with van der Waals surface area (Å²) < 4.78 is 77.9. The molecular formula is C33H27F5O3. The van der Waals surface area contributed by atoms with Crippen LogP contribution in [0.25, 0.3) is 17.2 Å². The predicted molar refractivity (Wildman–Crippen MR) is 147 cm³/mol. The molecule has 0 fully saturated rings. The Morgan fingerprint density at radius 1 is 0.659 bits per heavy atom. The first kappa shape index (κ1) is 29.5. The molecule has 0 spiro atoms. The molecule has 4 aromatic carbocycles. The highest BCUT2D eigenvalue weighted by atomic mass is 19.2. The Morgan fingerprint density at radius 3 is 1.78 bits per heavy atom. The van der Waals surface area contributed by atoms with Crippen molar-refractivity contribution in [3.05, 3.63) is 125 Å². The van der Waals surface area contributed by atoms with Gasteiger partial charge in [-0.05, 0) is 65.8 Å². The topological polar surface area (TPSA) is 35.5 Å². The molecule has 8 heteroatoms. The largest absolute Gasteiger partial charge is 0.494 e. The van der Waals surface area contributed by atoms with Crippen molar-refractivity contribution < 1.29 is 36.2 Å². The monoisotopic (exact) mass is 566 g/mol. The van der Waals surface area contributed by atoms with E-state index < -0.39 is 40.8 Å². The molecule has 4 aromatic rings. The van der Waals surface area contributed by atoms with Crippen LogP contribution in [-0.2, 0) is 6.42 Å². The van der Waals surface area contributed by atoms with E-state index >= 15 is 0 Å². The minimum absolute atomic E-state index is 0.136. The molecular weight excluding hydrogens is 539 g/mol. The van der Waals surface area contributed by atoms with Crippen LogP contribution in [0.3, 0.4) is 0 Å². The van der Waals surface area contributed by atoms with Gasteiger partial charge in [-0.15, -0.1) is 0 Å². The molecule has 0 heterocycles. The number of halogens is 5. The van der Waals surface area contributed by atoms with E-state index in [-0.39, 0.29) is 5.56 Å². The van der Waals surface area contributed by atoms with Gasteiger partial charge in [0.15, 0.2) is 0 Å². The Balaban J connectivity index is 1.23. The minimum Gasteiger partial charge on any atom is -0.494 e. The maximum atomic E-state index is 13.8. The first-order valence-electron chi connectivity index (χ1n) is 13.1. The lowest BCUT2D eigenvalue weighted by Crippen LogP contribution is -2.13. The van der Waals surface area contributed by atoms with E-state index in [4.69, 9.17) is 4.74 Å². The molecule has 0 aliphatic carbocycles. The second-order valence-corrected chi connectivity index (χ2v) is 9.35. The number of hydrogen-bond acceptors (Lipinski definition) is 3. The number of aryl methyl sites for hydroxylation is 1. The number of unbranched alkanes of at least 4 members (excludes halogenated alkanes) is 3. The van der Waals surface area contributed by atoms with Gasteiger partial charge in [-0.2, -0.15) is 8.78 Å². The third kappa shape index (κ3) is 7.39. The highest BCUT2D eigenvalue weighted by molar-refractivity contribution is 5.91. The molecule has 0 saturated carbocycles. The molecule has 212 valence electrons. The Bertz CT molecular complexity index is 1470. The average Bonchev–Trinajstić information content (AvgIpc) is 3.01. The molecule has 0 aromatic heterocycles. The first-order chi connectivity index (χ1) is 19.8. The SMILES string of the molecule is C=Cc1ccc(CCCCCCOc2ccc(-c3ccc(C(=O)Oc4c(F)c(F)c(F)c(F)c4F)cc3)cc2)cc1. The van der Waals surface area contributed by atoms with Gasteiger partial charge in [0.1, 0.15) is 5.75 Å². The van der Waals surface area contributed by atoms with Gasteiger partial charge < -0.3 is 9.47 Å². The number of ether oxygens (including phenoxy) is 2. The zero-order valence-electron chi connectivity index (χ0n) is 22.1. The average molecular weight is 567 g/mol. The number of carbonyl (C=O) groups excluding carboxylic acids is 1. The molecule has 3 nitrogen and oxygen atoms in total. The lowest BCUT2D eigenvalue weighted by Gasteiger charge is -2.10. The van der Waals surface area contributed by atoms with E-state index in [1.807, 2.05) is 30.3 Å². The summed E-state index contributed by atoms with van der Waals surface area (Å²) in [6.45, 7) is 4.37. The molecule has 41 heavy (non-hydrogen) atoms. The van der Waals surface area contributed by atoms with Crippen molar-refractivity contribution in [2.45, 2.75) is 32.1 Å². The summed E-state index contributed by atoms with van der Waals surface area (Å²) in [6, 6.07) is 21.5. The maximum Gasteiger partial charge on any atom is 0.343 e. The van der Waals surface area contributed by atoms with Crippen LogP contribution in [-0.4, -0.2) is 12.6 Å². The molecule has 0 unspecified atom stereocenters. The Kier molecular flexibility index (Phi) is 9.90. The van der Waals surface area contributed by atoms with Crippen molar-refractivity contribution in [1.29, 1.82) is 0 Å². The summed E-state index contributed by atoms with van der Waals surface area (Å²) in [7, 11) is 0. The summed E-state index contributed by atoms with van der Waals surface area (Å²) in [5, 5.41) is 0. The van der Waals surface area contributed by atoms with Crippen molar-refractivity contribution in [3.8, 4) is 22.6 Å². The summed E-state index contributed by atoms with van der Waals surface area (Å²) in [4.78, 5) is 12.3. The van der Waals surface area contributed by atoms with Crippen molar-refractivity contribution in [1.82, 2.24) is 0 Å². The van der Waals surface area contributed by atoms with Gasteiger partial charge in [-0.25, -0.2) is 18.0 Å². The van der Waals surface area contributed by atoms with Crippen molar-refractivity contribution in [3.63, 3.8) is 0 Å². The van der Waals surface area contributed by atoms with Crippen molar-refractivity contribution in [2.75, 3.05) is 6.61 Å². The van der Waals surface area contributed by atoms with Crippen LogP contribution in [0.4, 0.5) is 22.0 Å². The van der Waals surface area contributed by atoms with Gasteiger partial charge in [0, 0.05) is 0 Å². The fourth-order valence-electron chi connectivity index (χ4n) is 4.16. The maximum absolute atomic E-state index is 13.8. The van der Waals surface area contributed by atoms with Crippen LogP contribution in [0.5, 0.6) is 11.5 Å². The zero-order valence-corrected chi connectivity index (χ0v) is 22.1. The standard InChI is InChI=1S/C33H27F5O3/c1-2-21-8-10-22(11-9-21)7-5-3-4-6-20-40-26-18-16-24(17-19-26)23-12-14-25(15-13-23)33(39)41-32-30(37)28(35)27(34)29(36)31(32)38/h2,8-19H,1,3-7,20H2. The summed E-state index contributed by atoms with van der Waals surface area (Å²) in [6.07, 6.45) is 7.14. The second-order valence-electron chi connectivity index (χ2n) is 9.35. The Hall–Kier alpha value is -4.46. The van der Waals surface area contributed by atoms with E-state index in [0.29, 0.717) is 6.61 Å². The van der Waals surface area contributed by atoms with E-state index in [1.165, 1.54) is 17.7 Å².